The van der Waals surface area contributed by atoms with Crippen molar-refractivity contribution in [3.8, 4) is 0 Å². The molecule has 7 heteroatoms. The molecule has 0 saturated carbocycles. The van der Waals surface area contributed by atoms with E-state index < -0.39 is 5.97 Å². The molecule has 0 saturated heterocycles. The highest BCUT2D eigenvalue weighted by atomic mass is 32.1. The molecule has 22 heavy (non-hydrogen) atoms. The summed E-state index contributed by atoms with van der Waals surface area (Å²) < 4.78 is 4.61. The number of esters is 1. The van der Waals surface area contributed by atoms with Crippen molar-refractivity contribution in [2.75, 3.05) is 12.4 Å². The van der Waals surface area contributed by atoms with E-state index >= 15 is 0 Å². The largest absolute Gasteiger partial charge is 0.465 e. The number of amides is 1. The van der Waals surface area contributed by atoms with E-state index in [0.29, 0.717) is 16.3 Å². The van der Waals surface area contributed by atoms with E-state index in [4.69, 9.17) is 0 Å². The van der Waals surface area contributed by atoms with Crippen molar-refractivity contribution in [3.63, 3.8) is 0 Å². The van der Waals surface area contributed by atoms with Crippen molar-refractivity contribution in [3.05, 3.63) is 40.4 Å². The van der Waals surface area contributed by atoms with Gasteiger partial charge in [0.25, 0.3) is 5.91 Å². The lowest BCUT2D eigenvalue weighted by Crippen LogP contribution is -2.12. The normalized spacial score (nSPS) is 11.1. The SMILES string of the molecule is COC(=O)c1ccc(C(=O)Nc2nnc(C(C)(C)C)s2)cc1. The Morgan fingerprint density at radius 1 is 1.09 bits per heavy atom. The number of aromatic nitrogens is 2. The second kappa shape index (κ2) is 6.23. The van der Waals surface area contributed by atoms with Crippen LogP contribution in [0.25, 0.3) is 0 Å². The Labute approximate surface area is 132 Å². The average molecular weight is 319 g/mol. The molecular weight excluding hydrogens is 302 g/mol. The Hall–Kier alpha value is -2.28. The number of anilines is 1. The van der Waals surface area contributed by atoms with Gasteiger partial charge in [-0.05, 0) is 24.3 Å². The molecule has 0 aliphatic carbocycles. The molecule has 6 nitrogen and oxygen atoms in total. The Morgan fingerprint density at radius 3 is 2.18 bits per heavy atom. The van der Waals surface area contributed by atoms with Gasteiger partial charge in [-0.3, -0.25) is 10.1 Å². The molecule has 1 amide bonds. The van der Waals surface area contributed by atoms with E-state index in [2.05, 4.69) is 20.3 Å². The summed E-state index contributed by atoms with van der Waals surface area (Å²) in [5.74, 6) is -0.737. The van der Waals surface area contributed by atoms with Gasteiger partial charge < -0.3 is 4.74 Å². The highest BCUT2D eigenvalue weighted by molar-refractivity contribution is 7.15. The third-order valence-electron chi connectivity index (χ3n) is 2.86. The Balaban J connectivity index is 2.09. The second-order valence-electron chi connectivity index (χ2n) is 5.69. The maximum Gasteiger partial charge on any atom is 0.337 e. The molecule has 1 aromatic carbocycles. The van der Waals surface area contributed by atoms with Crippen LogP contribution in [0.3, 0.4) is 0 Å². The van der Waals surface area contributed by atoms with Crippen LogP contribution in [0.2, 0.25) is 0 Å². The summed E-state index contributed by atoms with van der Waals surface area (Å²) in [5.41, 5.74) is 0.716. The van der Waals surface area contributed by atoms with Crippen molar-refractivity contribution >= 4 is 28.3 Å². The fourth-order valence-electron chi connectivity index (χ4n) is 1.62. The predicted octanol–water partition coefficient (Wildman–Crippen LogP) is 2.87. The van der Waals surface area contributed by atoms with Gasteiger partial charge >= 0.3 is 5.97 Å². The molecule has 0 spiro atoms. The van der Waals surface area contributed by atoms with Crippen molar-refractivity contribution in [1.29, 1.82) is 0 Å². The van der Waals surface area contributed by atoms with Gasteiger partial charge in [0.1, 0.15) is 5.01 Å². The second-order valence-corrected chi connectivity index (χ2v) is 6.66. The van der Waals surface area contributed by atoms with Crippen LogP contribution in [0.1, 0.15) is 46.5 Å². The number of carbonyl (C=O) groups excluding carboxylic acids is 2. The smallest absolute Gasteiger partial charge is 0.337 e. The van der Waals surface area contributed by atoms with Crippen LogP contribution in [0, 0.1) is 0 Å². The average Bonchev–Trinajstić information content (AvgIpc) is 2.95. The molecule has 0 aliphatic heterocycles. The van der Waals surface area contributed by atoms with Gasteiger partial charge in [0, 0.05) is 11.0 Å². The van der Waals surface area contributed by atoms with Crippen molar-refractivity contribution in [2.24, 2.45) is 0 Å². The molecule has 2 aromatic rings. The lowest BCUT2D eigenvalue weighted by Gasteiger charge is -2.12. The topological polar surface area (TPSA) is 81.2 Å². The first-order chi connectivity index (χ1) is 10.3. The summed E-state index contributed by atoms with van der Waals surface area (Å²) in [6.45, 7) is 6.10. The van der Waals surface area contributed by atoms with Gasteiger partial charge in [-0.25, -0.2) is 4.79 Å². The van der Waals surface area contributed by atoms with Gasteiger partial charge in [-0.2, -0.15) is 0 Å². The first-order valence-electron chi connectivity index (χ1n) is 6.65. The summed E-state index contributed by atoms with van der Waals surface area (Å²) >= 11 is 1.35. The third kappa shape index (κ3) is 3.67. The molecule has 1 N–H and O–H groups in total. The van der Waals surface area contributed by atoms with Crippen LogP contribution >= 0.6 is 11.3 Å². The van der Waals surface area contributed by atoms with Crippen molar-refractivity contribution < 1.29 is 14.3 Å². The van der Waals surface area contributed by atoms with Crippen LogP contribution in [-0.4, -0.2) is 29.2 Å². The number of nitrogens with zero attached hydrogens (tertiary/aromatic N) is 2. The zero-order valence-corrected chi connectivity index (χ0v) is 13.7. The fraction of sp³-hybridized carbons (Fsp3) is 0.333. The van der Waals surface area contributed by atoms with Crippen LogP contribution in [0.15, 0.2) is 24.3 Å². The summed E-state index contributed by atoms with van der Waals surface area (Å²) in [5, 5.41) is 12.0. The molecule has 0 atom stereocenters. The van der Waals surface area contributed by atoms with Crippen molar-refractivity contribution in [2.45, 2.75) is 26.2 Å². The number of hydrogen-bond acceptors (Lipinski definition) is 6. The zero-order valence-electron chi connectivity index (χ0n) is 12.8. The van der Waals surface area contributed by atoms with E-state index in [0.717, 1.165) is 5.01 Å². The Bertz CT molecular complexity index is 687. The number of benzene rings is 1. The van der Waals surface area contributed by atoms with Crippen molar-refractivity contribution in [1.82, 2.24) is 10.2 Å². The summed E-state index contributed by atoms with van der Waals surface area (Å²) in [4.78, 5) is 23.5. The molecule has 2 rings (SSSR count). The van der Waals surface area contributed by atoms with E-state index in [-0.39, 0.29) is 11.3 Å². The molecule has 0 aliphatic rings. The van der Waals surface area contributed by atoms with E-state index in [1.54, 1.807) is 24.3 Å². The first-order valence-corrected chi connectivity index (χ1v) is 7.46. The molecule has 0 fully saturated rings. The number of nitrogens with one attached hydrogen (secondary N) is 1. The fourth-order valence-corrected chi connectivity index (χ4v) is 2.42. The van der Waals surface area contributed by atoms with Crippen LogP contribution in [0.5, 0.6) is 0 Å². The quantitative estimate of drug-likeness (QED) is 0.880. The first kappa shape index (κ1) is 16.1. The van der Waals surface area contributed by atoms with Gasteiger partial charge in [-0.1, -0.05) is 32.1 Å². The highest BCUT2D eigenvalue weighted by Gasteiger charge is 2.20. The molecule has 116 valence electrons. The number of ether oxygens (including phenoxy) is 1. The van der Waals surface area contributed by atoms with E-state index in [9.17, 15) is 9.59 Å². The maximum atomic E-state index is 12.1. The van der Waals surface area contributed by atoms with Gasteiger partial charge in [0.05, 0.1) is 12.7 Å². The van der Waals surface area contributed by atoms with Gasteiger partial charge in [0.2, 0.25) is 5.13 Å². The number of hydrogen-bond donors (Lipinski definition) is 1. The molecular formula is C15H17N3O3S. The summed E-state index contributed by atoms with van der Waals surface area (Å²) in [6.07, 6.45) is 0. The van der Waals surface area contributed by atoms with Crippen LogP contribution in [-0.2, 0) is 10.2 Å². The van der Waals surface area contributed by atoms with Crippen LogP contribution < -0.4 is 5.32 Å². The molecule has 1 aromatic heterocycles. The highest BCUT2D eigenvalue weighted by Crippen LogP contribution is 2.27. The Kier molecular flexibility index (Phi) is 4.56. The molecule has 0 radical (unpaired) electrons. The lowest BCUT2D eigenvalue weighted by molar-refractivity contribution is 0.0600. The monoisotopic (exact) mass is 319 g/mol. The molecule has 0 unspecified atom stereocenters. The zero-order chi connectivity index (χ0) is 16.3. The summed E-state index contributed by atoms with van der Waals surface area (Å²) in [6, 6.07) is 6.21. The minimum atomic E-state index is -0.439. The minimum absolute atomic E-state index is 0.108. The van der Waals surface area contributed by atoms with Gasteiger partial charge in [0.15, 0.2) is 0 Å². The van der Waals surface area contributed by atoms with Crippen LogP contribution in [0.4, 0.5) is 5.13 Å². The molecule has 1 heterocycles. The number of rotatable bonds is 3. The Morgan fingerprint density at radius 2 is 1.68 bits per heavy atom. The maximum absolute atomic E-state index is 12.1. The number of methoxy groups -OCH3 is 1. The lowest BCUT2D eigenvalue weighted by atomic mass is 9.98. The third-order valence-corrected chi connectivity index (χ3v) is 4.12. The molecule has 0 bridgehead atoms. The summed E-state index contributed by atoms with van der Waals surface area (Å²) in [7, 11) is 1.31. The van der Waals surface area contributed by atoms with E-state index in [1.807, 2.05) is 20.8 Å². The standard InChI is InChI=1S/C15H17N3O3S/c1-15(2,3)13-17-18-14(22-13)16-11(19)9-5-7-10(8-6-9)12(20)21-4/h5-8H,1-4H3,(H,16,18,19). The van der Waals surface area contributed by atoms with E-state index in [1.165, 1.54) is 18.4 Å². The predicted molar refractivity (Wildman–Crippen MR) is 84.3 cm³/mol. The number of carbonyl (C=O) groups is 2. The van der Waals surface area contributed by atoms with Gasteiger partial charge in [-0.15, -0.1) is 10.2 Å². The minimum Gasteiger partial charge on any atom is -0.465 e.